The Bertz CT molecular complexity index is 252. The molecule has 0 amide bonds. The van der Waals surface area contributed by atoms with Gasteiger partial charge in [0.1, 0.15) is 5.15 Å². The quantitative estimate of drug-likeness (QED) is 0.672. The van der Waals surface area contributed by atoms with E-state index in [9.17, 15) is 0 Å². The van der Waals surface area contributed by atoms with E-state index in [1.807, 2.05) is 6.92 Å². The van der Waals surface area contributed by atoms with Crippen LogP contribution in [-0.2, 0) is 0 Å². The van der Waals surface area contributed by atoms with Gasteiger partial charge in [0.25, 0.3) is 0 Å². The molecule has 0 aromatic carbocycles. The number of ether oxygens (including phenoxy) is 1. The molecule has 0 spiro atoms. The molecule has 0 saturated heterocycles. The molecular weight excluding hydrogens is 185 g/mol. The molecule has 1 heterocycles. The maximum atomic E-state index is 5.76. The molecule has 2 nitrogen and oxygen atoms in total. The summed E-state index contributed by atoms with van der Waals surface area (Å²) in [4.78, 5) is 3.81. The lowest BCUT2D eigenvalue weighted by atomic mass is 10.4. The van der Waals surface area contributed by atoms with Crippen LogP contribution < -0.4 is 4.74 Å². The largest absolute Gasteiger partial charge is 0.491 e. The molecule has 0 bridgehead atoms. The first-order valence-corrected chi connectivity index (χ1v) is 3.93. The van der Waals surface area contributed by atoms with Crippen molar-refractivity contribution in [2.75, 3.05) is 6.61 Å². The van der Waals surface area contributed by atoms with Crippen molar-refractivity contribution in [1.82, 2.24) is 4.98 Å². The summed E-state index contributed by atoms with van der Waals surface area (Å²) >= 11 is 11.3. The molecule has 0 fully saturated rings. The number of nitrogens with zero attached hydrogens (tertiary/aromatic N) is 1. The third-order valence-electron chi connectivity index (χ3n) is 1.09. The highest BCUT2D eigenvalue weighted by atomic mass is 35.5. The number of hydrogen-bond donors (Lipinski definition) is 0. The fraction of sp³-hybridized carbons (Fsp3) is 0.286. The minimum atomic E-state index is 0.374. The summed E-state index contributed by atoms with van der Waals surface area (Å²) in [6, 6.07) is 1.55. The van der Waals surface area contributed by atoms with Crippen molar-refractivity contribution in [1.29, 1.82) is 0 Å². The predicted molar refractivity (Wildman–Crippen MR) is 45.4 cm³/mol. The van der Waals surface area contributed by atoms with Gasteiger partial charge in [-0.15, -0.1) is 0 Å². The Labute approximate surface area is 75.1 Å². The first-order valence-electron chi connectivity index (χ1n) is 3.18. The zero-order valence-corrected chi connectivity index (χ0v) is 7.49. The third kappa shape index (κ3) is 2.24. The number of rotatable bonds is 2. The Kier molecular flexibility index (Phi) is 2.97. The fourth-order valence-corrected chi connectivity index (χ4v) is 1.08. The summed E-state index contributed by atoms with van der Waals surface area (Å²) in [5.41, 5.74) is 0. The molecule has 0 aliphatic heterocycles. The van der Waals surface area contributed by atoms with Crippen LogP contribution >= 0.6 is 23.2 Å². The molecule has 11 heavy (non-hydrogen) atoms. The molecule has 0 aliphatic rings. The van der Waals surface area contributed by atoms with E-state index >= 15 is 0 Å². The molecule has 0 radical (unpaired) electrons. The van der Waals surface area contributed by atoms with Crippen molar-refractivity contribution in [2.24, 2.45) is 0 Å². The van der Waals surface area contributed by atoms with Crippen LogP contribution in [0.2, 0.25) is 10.2 Å². The maximum Gasteiger partial charge on any atom is 0.156 e. The summed E-state index contributed by atoms with van der Waals surface area (Å²) < 4.78 is 5.14. The van der Waals surface area contributed by atoms with Crippen LogP contribution in [0.15, 0.2) is 12.3 Å². The second-order valence-electron chi connectivity index (χ2n) is 1.87. The SMILES string of the molecule is CCOc1cnc(Cl)cc1Cl. The molecule has 0 atom stereocenters. The van der Waals surface area contributed by atoms with Gasteiger partial charge in [0, 0.05) is 0 Å². The standard InChI is InChI=1S/C7H7Cl2NO/c1-2-11-6-4-10-7(9)3-5(6)8/h3-4H,2H2,1H3. The summed E-state index contributed by atoms with van der Waals surface area (Å²) in [6.07, 6.45) is 1.51. The predicted octanol–water partition coefficient (Wildman–Crippen LogP) is 2.79. The van der Waals surface area contributed by atoms with Gasteiger partial charge in [0.15, 0.2) is 5.75 Å². The van der Waals surface area contributed by atoms with Gasteiger partial charge in [-0.25, -0.2) is 4.98 Å². The first kappa shape index (κ1) is 8.62. The lowest BCUT2D eigenvalue weighted by Crippen LogP contribution is -1.92. The van der Waals surface area contributed by atoms with Gasteiger partial charge in [0.05, 0.1) is 17.8 Å². The van der Waals surface area contributed by atoms with E-state index in [4.69, 9.17) is 27.9 Å². The third-order valence-corrected chi connectivity index (χ3v) is 1.59. The summed E-state index contributed by atoms with van der Waals surface area (Å²) in [5, 5.41) is 0.866. The van der Waals surface area contributed by atoms with Gasteiger partial charge >= 0.3 is 0 Å². The molecule has 1 rings (SSSR count). The number of aromatic nitrogens is 1. The van der Waals surface area contributed by atoms with Crippen LogP contribution in [0.4, 0.5) is 0 Å². The van der Waals surface area contributed by atoms with Crippen molar-refractivity contribution in [3.8, 4) is 5.75 Å². The highest BCUT2D eigenvalue weighted by Crippen LogP contribution is 2.25. The lowest BCUT2D eigenvalue weighted by molar-refractivity contribution is 0.339. The van der Waals surface area contributed by atoms with Gasteiger partial charge in [-0.1, -0.05) is 23.2 Å². The molecule has 0 saturated carbocycles. The van der Waals surface area contributed by atoms with Gasteiger partial charge in [-0.05, 0) is 13.0 Å². The van der Waals surface area contributed by atoms with Gasteiger partial charge < -0.3 is 4.74 Å². The van der Waals surface area contributed by atoms with Gasteiger partial charge in [-0.3, -0.25) is 0 Å². The summed E-state index contributed by atoms with van der Waals surface area (Å²) in [5.74, 6) is 0.568. The van der Waals surface area contributed by atoms with Gasteiger partial charge in [0.2, 0.25) is 0 Å². The molecule has 4 heteroatoms. The van der Waals surface area contributed by atoms with Crippen LogP contribution in [0, 0.1) is 0 Å². The summed E-state index contributed by atoms with van der Waals surface area (Å²) in [6.45, 7) is 2.45. The number of halogens is 2. The molecule has 0 aliphatic carbocycles. The fourth-order valence-electron chi connectivity index (χ4n) is 0.657. The Hall–Kier alpha value is -0.470. The van der Waals surface area contributed by atoms with Crippen molar-refractivity contribution >= 4 is 23.2 Å². The minimum Gasteiger partial charge on any atom is -0.491 e. The Morgan fingerprint density at radius 1 is 1.55 bits per heavy atom. The Morgan fingerprint density at radius 2 is 2.27 bits per heavy atom. The molecule has 60 valence electrons. The van der Waals surface area contributed by atoms with Crippen LogP contribution in [-0.4, -0.2) is 11.6 Å². The molecule has 1 aromatic heterocycles. The topological polar surface area (TPSA) is 22.1 Å². The van der Waals surface area contributed by atoms with E-state index in [2.05, 4.69) is 4.98 Å². The highest BCUT2D eigenvalue weighted by Gasteiger charge is 2.00. The van der Waals surface area contributed by atoms with Crippen molar-refractivity contribution < 1.29 is 4.74 Å². The smallest absolute Gasteiger partial charge is 0.156 e. The van der Waals surface area contributed by atoms with E-state index in [0.717, 1.165) is 0 Å². The van der Waals surface area contributed by atoms with Crippen molar-refractivity contribution in [2.45, 2.75) is 6.92 Å². The zero-order valence-electron chi connectivity index (χ0n) is 5.97. The molecule has 1 aromatic rings. The van der Waals surface area contributed by atoms with E-state index in [1.165, 1.54) is 6.20 Å². The maximum absolute atomic E-state index is 5.76. The van der Waals surface area contributed by atoms with E-state index in [0.29, 0.717) is 22.5 Å². The average molecular weight is 192 g/mol. The Balaban J connectivity index is 2.90. The monoisotopic (exact) mass is 191 g/mol. The van der Waals surface area contributed by atoms with Crippen LogP contribution in [0.25, 0.3) is 0 Å². The molecule has 0 N–H and O–H groups in total. The van der Waals surface area contributed by atoms with Crippen molar-refractivity contribution in [3.63, 3.8) is 0 Å². The molecular formula is C7H7Cl2NO. The minimum absolute atomic E-state index is 0.374. The van der Waals surface area contributed by atoms with Crippen molar-refractivity contribution in [3.05, 3.63) is 22.4 Å². The Morgan fingerprint density at radius 3 is 2.82 bits per heavy atom. The first-order chi connectivity index (χ1) is 5.24. The highest BCUT2D eigenvalue weighted by molar-refractivity contribution is 6.34. The van der Waals surface area contributed by atoms with Gasteiger partial charge in [-0.2, -0.15) is 0 Å². The summed E-state index contributed by atoms with van der Waals surface area (Å²) in [7, 11) is 0. The van der Waals surface area contributed by atoms with Crippen LogP contribution in [0.3, 0.4) is 0 Å². The number of pyridine rings is 1. The van der Waals surface area contributed by atoms with Crippen LogP contribution in [0.5, 0.6) is 5.75 Å². The molecule has 0 unspecified atom stereocenters. The average Bonchev–Trinajstić information content (AvgIpc) is 1.95. The van der Waals surface area contributed by atoms with Crippen LogP contribution in [0.1, 0.15) is 6.92 Å². The normalized spacial score (nSPS) is 9.73. The van der Waals surface area contributed by atoms with E-state index in [-0.39, 0.29) is 0 Å². The lowest BCUT2D eigenvalue weighted by Gasteiger charge is -2.03. The van der Waals surface area contributed by atoms with E-state index < -0.39 is 0 Å². The van der Waals surface area contributed by atoms with E-state index in [1.54, 1.807) is 6.07 Å². The number of hydrogen-bond acceptors (Lipinski definition) is 2. The second kappa shape index (κ2) is 3.79. The second-order valence-corrected chi connectivity index (χ2v) is 2.66. The zero-order chi connectivity index (χ0) is 8.27.